The van der Waals surface area contributed by atoms with Crippen LogP contribution < -0.4 is 4.72 Å². The highest BCUT2D eigenvalue weighted by atomic mass is 32.2. The summed E-state index contributed by atoms with van der Waals surface area (Å²) in [6, 6.07) is 0.0452. The number of nitrogens with one attached hydrogen (secondary N) is 1. The summed E-state index contributed by atoms with van der Waals surface area (Å²) in [6.07, 6.45) is 2.93. The van der Waals surface area contributed by atoms with Gasteiger partial charge in [-0.25, -0.2) is 13.1 Å². The van der Waals surface area contributed by atoms with E-state index in [0.717, 1.165) is 61.2 Å². The second-order valence-corrected chi connectivity index (χ2v) is 8.84. The van der Waals surface area contributed by atoms with Gasteiger partial charge in [0.1, 0.15) is 0 Å². The Hall–Kier alpha value is -0.910. The summed E-state index contributed by atoms with van der Waals surface area (Å²) in [6.45, 7) is 15.2. The summed E-state index contributed by atoms with van der Waals surface area (Å²) in [5.74, 6) is 0. The normalized spacial score (nSPS) is 17.4. The van der Waals surface area contributed by atoms with Crippen LogP contribution in [0.15, 0.2) is 4.90 Å². The maximum Gasteiger partial charge on any atom is 0.241 e. The van der Waals surface area contributed by atoms with Crippen molar-refractivity contribution in [3.63, 3.8) is 0 Å². The Morgan fingerprint density at radius 2 is 1.38 bits per heavy atom. The molecular weight excluding hydrogens is 320 g/mol. The van der Waals surface area contributed by atoms with E-state index in [2.05, 4.69) is 23.5 Å². The maximum absolute atomic E-state index is 13.0. The number of rotatable bonds is 5. The molecule has 1 saturated heterocycles. The van der Waals surface area contributed by atoms with Crippen LogP contribution in [0.25, 0.3) is 0 Å². The monoisotopic (exact) mass is 352 g/mol. The third-order valence-corrected chi connectivity index (χ3v) is 7.44. The van der Waals surface area contributed by atoms with Crippen molar-refractivity contribution < 1.29 is 8.42 Å². The number of benzene rings is 1. The zero-order chi connectivity index (χ0) is 18.1. The second-order valence-electron chi connectivity index (χ2n) is 7.19. The SMILES string of the molecule is CCCN1CCC(NS(=O)(=O)c2c(C)c(C)c(C)c(C)c2C)CC1. The largest absolute Gasteiger partial charge is 0.303 e. The van der Waals surface area contributed by atoms with Crippen molar-refractivity contribution in [2.24, 2.45) is 0 Å². The van der Waals surface area contributed by atoms with Gasteiger partial charge in [-0.2, -0.15) is 0 Å². The molecule has 1 aromatic rings. The van der Waals surface area contributed by atoms with Crippen LogP contribution in [0, 0.1) is 34.6 Å². The van der Waals surface area contributed by atoms with Gasteiger partial charge in [0, 0.05) is 6.04 Å². The molecule has 0 aliphatic carbocycles. The Morgan fingerprint density at radius 1 is 0.917 bits per heavy atom. The molecule has 5 heteroatoms. The number of hydrogen-bond acceptors (Lipinski definition) is 3. The van der Waals surface area contributed by atoms with E-state index >= 15 is 0 Å². The molecule has 136 valence electrons. The minimum absolute atomic E-state index is 0.0452. The minimum Gasteiger partial charge on any atom is -0.303 e. The fourth-order valence-corrected chi connectivity index (χ4v) is 5.64. The molecule has 4 nitrogen and oxygen atoms in total. The van der Waals surface area contributed by atoms with Gasteiger partial charge in [0.15, 0.2) is 0 Å². The molecule has 0 amide bonds. The lowest BCUT2D eigenvalue weighted by molar-refractivity contribution is 0.208. The van der Waals surface area contributed by atoms with Gasteiger partial charge in [0.2, 0.25) is 10.0 Å². The van der Waals surface area contributed by atoms with Crippen LogP contribution in [-0.2, 0) is 10.0 Å². The Bertz CT molecular complexity index is 674. The Morgan fingerprint density at radius 3 is 1.83 bits per heavy atom. The number of likely N-dealkylation sites (tertiary alicyclic amines) is 1. The van der Waals surface area contributed by atoms with Gasteiger partial charge >= 0.3 is 0 Å². The zero-order valence-corrected chi connectivity index (χ0v) is 16.8. The lowest BCUT2D eigenvalue weighted by atomic mass is 9.95. The van der Waals surface area contributed by atoms with E-state index in [1.807, 2.05) is 27.7 Å². The molecule has 0 bridgehead atoms. The Balaban J connectivity index is 2.24. The Labute approximate surface area is 147 Å². The van der Waals surface area contributed by atoms with Crippen LogP contribution in [0.3, 0.4) is 0 Å². The van der Waals surface area contributed by atoms with Crippen LogP contribution in [0.5, 0.6) is 0 Å². The van der Waals surface area contributed by atoms with Gasteiger partial charge < -0.3 is 4.90 Å². The van der Waals surface area contributed by atoms with E-state index in [4.69, 9.17) is 0 Å². The van der Waals surface area contributed by atoms with Crippen molar-refractivity contribution in [3.05, 3.63) is 27.8 Å². The first-order chi connectivity index (χ1) is 11.2. The van der Waals surface area contributed by atoms with Gasteiger partial charge in [-0.05, 0) is 101 Å². The molecule has 0 spiro atoms. The first-order valence-electron chi connectivity index (χ1n) is 9.00. The average Bonchev–Trinajstić information content (AvgIpc) is 2.53. The number of piperidine rings is 1. The van der Waals surface area contributed by atoms with Crippen LogP contribution in [0.4, 0.5) is 0 Å². The summed E-state index contributed by atoms with van der Waals surface area (Å²) in [4.78, 5) is 2.90. The van der Waals surface area contributed by atoms with Gasteiger partial charge in [0.05, 0.1) is 4.90 Å². The summed E-state index contributed by atoms with van der Waals surface area (Å²) >= 11 is 0. The minimum atomic E-state index is -3.48. The summed E-state index contributed by atoms with van der Waals surface area (Å²) in [7, 11) is -3.48. The molecule has 1 aliphatic rings. The number of nitrogens with zero attached hydrogens (tertiary/aromatic N) is 1. The van der Waals surface area contributed by atoms with Gasteiger partial charge in [0.25, 0.3) is 0 Å². The molecule has 1 fully saturated rings. The van der Waals surface area contributed by atoms with Crippen molar-refractivity contribution in [2.45, 2.75) is 71.7 Å². The molecule has 0 aromatic heterocycles. The highest BCUT2D eigenvalue weighted by molar-refractivity contribution is 7.89. The van der Waals surface area contributed by atoms with Crippen molar-refractivity contribution >= 4 is 10.0 Å². The van der Waals surface area contributed by atoms with Gasteiger partial charge in [-0.3, -0.25) is 0 Å². The quantitative estimate of drug-likeness (QED) is 0.884. The molecule has 24 heavy (non-hydrogen) atoms. The van der Waals surface area contributed by atoms with Crippen molar-refractivity contribution in [3.8, 4) is 0 Å². The smallest absolute Gasteiger partial charge is 0.241 e. The van der Waals surface area contributed by atoms with Crippen LogP contribution in [0.1, 0.15) is 54.0 Å². The van der Waals surface area contributed by atoms with Gasteiger partial charge in [-0.15, -0.1) is 0 Å². The summed E-state index contributed by atoms with van der Waals surface area (Å²) < 4.78 is 29.1. The van der Waals surface area contributed by atoms with E-state index in [-0.39, 0.29) is 6.04 Å². The van der Waals surface area contributed by atoms with E-state index in [1.54, 1.807) is 0 Å². The first-order valence-corrected chi connectivity index (χ1v) is 10.5. The lowest BCUT2D eigenvalue weighted by Gasteiger charge is -2.32. The van der Waals surface area contributed by atoms with Crippen LogP contribution >= 0.6 is 0 Å². The van der Waals surface area contributed by atoms with Gasteiger partial charge in [-0.1, -0.05) is 6.92 Å². The molecule has 0 radical (unpaired) electrons. The second kappa shape index (κ2) is 7.54. The number of sulfonamides is 1. The molecule has 0 unspecified atom stereocenters. The molecule has 1 aliphatic heterocycles. The maximum atomic E-state index is 13.0. The first kappa shape index (κ1) is 19.4. The van der Waals surface area contributed by atoms with Crippen molar-refractivity contribution in [2.75, 3.05) is 19.6 Å². The van der Waals surface area contributed by atoms with E-state index in [9.17, 15) is 8.42 Å². The van der Waals surface area contributed by atoms with E-state index in [1.165, 1.54) is 5.56 Å². The lowest BCUT2D eigenvalue weighted by Crippen LogP contribution is -2.45. The molecule has 1 aromatic carbocycles. The van der Waals surface area contributed by atoms with Crippen LogP contribution in [0.2, 0.25) is 0 Å². The van der Waals surface area contributed by atoms with E-state index < -0.39 is 10.0 Å². The predicted molar refractivity (Wildman–Crippen MR) is 100 cm³/mol. The van der Waals surface area contributed by atoms with Crippen molar-refractivity contribution in [1.29, 1.82) is 0 Å². The van der Waals surface area contributed by atoms with E-state index in [0.29, 0.717) is 4.90 Å². The third kappa shape index (κ3) is 3.84. The molecule has 1 heterocycles. The standard InChI is InChI=1S/C19H32N2O2S/c1-7-10-21-11-8-18(9-12-21)20-24(22,23)19-16(5)14(3)13(2)15(4)17(19)6/h18,20H,7-12H2,1-6H3. The zero-order valence-electron chi connectivity index (χ0n) is 16.0. The predicted octanol–water partition coefficient (Wildman–Crippen LogP) is 3.38. The highest BCUT2D eigenvalue weighted by Crippen LogP contribution is 2.30. The van der Waals surface area contributed by atoms with Crippen LogP contribution in [-0.4, -0.2) is 39.0 Å². The summed E-state index contributed by atoms with van der Waals surface area (Å²) in [5, 5.41) is 0. The third-order valence-electron chi connectivity index (χ3n) is 5.65. The molecule has 0 saturated carbocycles. The topological polar surface area (TPSA) is 49.4 Å². The molecular formula is C19H32N2O2S. The Kier molecular flexibility index (Phi) is 6.10. The molecule has 1 N–H and O–H groups in total. The average molecular weight is 353 g/mol. The fraction of sp³-hybridized carbons (Fsp3) is 0.684. The molecule has 2 rings (SSSR count). The molecule has 0 atom stereocenters. The van der Waals surface area contributed by atoms with Crippen molar-refractivity contribution in [1.82, 2.24) is 9.62 Å². The highest BCUT2D eigenvalue weighted by Gasteiger charge is 2.28. The number of hydrogen-bond donors (Lipinski definition) is 1. The fourth-order valence-electron chi connectivity index (χ4n) is 3.74. The summed E-state index contributed by atoms with van der Waals surface area (Å²) in [5.41, 5.74) is 5.11.